The van der Waals surface area contributed by atoms with Gasteiger partial charge in [-0.3, -0.25) is 9.69 Å². The van der Waals surface area contributed by atoms with Crippen LogP contribution in [0.25, 0.3) is 10.9 Å². The van der Waals surface area contributed by atoms with Gasteiger partial charge in [-0.2, -0.15) is 0 Å². The Balaban J connectivity index is 1.39. The number of piperidine rings is 1. The SMILES string of the molecule is COc1ccc2[nH]cc(C3CCN(Cc4csc(NC(C)=O)n4)CC3)c2c1. The van der Waals surface area contributed by atoms with Gasteiger partial charge in [0.05, 0.1) is 12.8 Å². The third kappa shape index (κ3) is 3.99. The zero-order valence-corrected chi connectivity index (χ0v) is 16.4. The van der Waals surface area contributed by atoms with Crippen LogP contribution in [0.1, 0.15) is 36.9 Å². The van der Waals surface area contributed by atoms with Crippen molar-refractivity contribution in [1.29, 1.82) is 0 Å². The maximum absolute atomic E-state index is 11.1. The van der Waals surface area contributed by atoms with Gasteiger partial charge in [-0.25, -0.2) is 4.98 Å². The van der Waals surface area contributed by atoms with Crippen LogP contribution in [-0.4, -0.2) is 41.0 Å². The molecule has 1 aliphatic rings. The molecule has 3 heterocycles. The number of rotatable bonds is 5. The van der Waals surface area contributed by atoms with E-state index >= 15 is 0 Å². The van der Waals surface area contributed by atoms with Crippen molar-refractivity contribution in [1.82, 2.24) is 14.9 Å². The van der Waals surface area contributed by atoms with Crippen LogP contribution in [0.5, 0.6) is 5.75 Å². The molecular weight excluding hydrogens is 360 g/mol. The molecule has 1 amide bonds. The lowest BCUT2D eigenvalue weighted by atomic mass is 9.89. The Labute approximate surface area is 162 Å². The Morgan fingerprint density at radius 1 is 1.41 bits per heavy atom. The highest BCUT2D eigenvalue weighted by Crippen LogP contribution is 2.35. The number of methoxy groups -OCH3 is 1. The largest absolute Gasteiger partial charge is 0.497 e. The minimum Gasteiger partial charge on any atom is -0.497 e. The molecule has 3 aromatic rings. The van der Waals surface area contributed by atoms with Crippen molar-refractivity contribution >= 4 is 33.3 Å². The number of carbonyl (C=O) groups excluding carboxylic acids is 1. The fourth-order valence-electron chi connectivity index (χ4n) is 3.80. The van der Waals surface area contributed by atoms with E-state index in [1.807, 2.05) is 11.4 Å². The number of thiazole rings is 1. The Morgan fingerprint density at radius 2 is 2.22 bits per heavy atom. The molecule has 0 saturated carbocycles. The average molecular weight is 385 g/mol. The van der Waals surface area contributed by atoms with Crippen LogP contribution in [-0.2, 0) is 11.3 Å². The lowest BCUT2D eigenvalue weighted by molar-refractivity contribution is -0.114. The first-order chi connectivity index (χ1) is 13.1. The summed E-state index contributed by atoms with van der Waals surface area (Å²) < 4.78 is 5.39. The molecule has 1 aliphatic heterocycles. The first-order valence-electron chi connectivity index (χ1n) is 9.22. The molecule has 1 saturated heterocycles. The molecule has 1 fully saturated rings. The monoisotopic (exact) mass is 384 g/mol. The highest BCUT2D eigenvalue weighted by molar-refractivity contribution is 7.13. The van der Waals surface area contributed by atoms with Crippen molar-refractivity contribution in [3.63, 3.8) is 0 Å². The number of anilines is 1. The van der Waals surface area contributed by atoms with Gasteiger partial charge in [-0.1, -0.05) is 0 Å². The van der Waals surface area contributed by atoms with Crippen molar-refractivity contribution < 1.29 is 9.53 Å². The zero-order valence-electron chi connectivity index (χ0n) is 15.6. The summed E-state index contributed by atoms with van der Waals surface area (Å²) in [5.41, 5.74) is 3.59. The van der Waals surface area contributed by atoms with E-state index in [-0.39, 0.29) is 5.91 Å². The number of carbonyl (C=O) groups is 1. The maximum Gasteiger partial charge on any atom is 0.223 e. The summed E-state index contributed by atoms with van der Waals surface area (Å²) in [4.78, 5) is 21.5. The smallest absolute Gasteiger partial charge is 0.223 e. The zero-order chi connectivity index (χ0) is 18.8. The summed E-state index contributed by atoms with van der Waals surface area (Å²) in [5.74, 6) is 1.39. The number of hydrogen-bond acceptors (Lipinski definition) is 5. The van der Waals surface area contributed by atoms with Crippen molar-refractivity contribution in [2.24, 2.45) is 0 Å². The summed E-state index contributed by atoms with van der Waals surface area (Å²) >= 11 is 1.48. The van der Waals surface area contributed by atoms with Gasteiger partial charge >= 0.3 is 0 Å². The second kappa shape index (κ2) is 7.70. The third-order valence-corrected chi connectivity index (χ3v) is 5.98. The quantitative estimate of drug-likeness (QED) is 0.698. The highest BCUT2D eigenvalue weighted by Gasteiger charge is 2.23. The van der Waals surface area contributed by atoms with Crippen LogP contribution in [0.15, 0.2) is 29.8 Å². The number of fused-ring (bicyclic) bond motifs is 1. The molecule has 4 rings (SSSR count). The number of nitrogens with one attached hydrogen (secondary N) is 2. The Morgan fingerprint density at radius 3 is 2.96 bits per heavy atom. The number of likely N-dealkylation sites (tertiary alicyclic amines) is 1. The third-order valence-electron chi connectivity index (χ3n) is 5.17. The topological polar surface area (TPSA) is 70.2 Å². The van der Waals surface area contributed by atoms with E-state index in [2.05, 4.69) is 38.5 Å². The molecule has 0 atom stereocenters. The van der Waals surface area contributed by atoms with Gasteiger partial charge in [0.15, 0.2) is 5.13 Å². The number of amides is 1. The van der Waals surface area contributed by atoms with Gasteiger partial charge in [0.25, 0.3) is 0 Å². The Hall–Kier alpha value is -2.38. The molecule has 142 valence electrons. The van der Waals surface area contributed by atoms with Gasteiger partial charge in [-0.15, -0.1) is 11.3 Å². The molecule has 2 aromatic heterocycles. The fraction of sp³-hybridized carbons (Fsp3) is 0.400. The summed E-state index contributed by atoms with van der Waals surface area (Å²) in [5, 5.41) is 6.73. The minimum atomic E-state index is -0.0768. The van der Waals surface area contributed by atoms with Crippen molar-refractivity contribution in [2.75, 3.05) is 25.5 Å². The summed E-state index contributed by atoms with van der Waals surface area (Å²) in [6, 6.07) is 6.21. The van der Waals surface area contributed by atoms with Crippen LogP contribution >= 0.6 is 11.3 Å². The van der Waals surface area contributed by atoms with E-state index in [0.29, 0.717) is 11.0 Å². The molecule has 0 spiro atoms. The number of hydrogen-bond donors (Lipinski definition) is 2. The lowest BCUT2D eigenvalue weighted by Gasteiger charge is -2.31. The van der Waals surface area contributed by atoms with E-state index in [1.54, 1.807) is 7.11 Å². The van der Waals surface area contributed by atoms with E-state index in [4.69, 9.17) is 4.74 Å². The molecule has 6 nitrogen and oxygen atoms in total. The molecule has 0 radical (unpaired) electrons. The summed E-state index contributed by atoms with van der Waals surface area (Å²) in [6.45, 7) is 4.44. The van der Waals surface area contributed by atoms with E-state index < -0.39 is 0 Å². The number of H-pyrrole nitrogens is 1. The minimum absolute atomic E-state index is 0.0768. The molecule has 0 unspecified atom stereocenters. The van der Waals surface area contributed by atoms with Gasteiger partial charge < -0.3 is 15.0 Å². The standard InChI is InChI=1S/C20H24N4O2S/c1-13(25)22-20-23-15(12-27-20)11-24-7-5-14(6-8-24)18-10-21-19-4-3-16(26-2)9-17(18)19/h3-4,9-10,12,14,21H,5-8,11H2,1-2H3,(H,22,23,25). The molecule has 27 heavy (non-hydrogen) atoms. The molecule has 0 aliphatic carbocycles. The molecule has 7 heteroatoms. The summed E-state index contributed by atoms with van der Waals surface area (Å²) in [6.07, 6.45) is 4.42. The number of benzene rings is 1. The second-order valence-electron chi connectivity index (χ2n) is 7.03. The van der Waals surface area contributed by atoms with Crippen LogP contribution in [0, 0.1) is 0 Å². The number of aromatic nitrogens is 2. The van der Waals surface area contributed by atoms with E-state index in [1.165, 1.54) is 34.7 Å². The van der Waals surface area contributed by atoms with Gasteiger partial charge in [-0.05, 0) is 55.6 Å². The number of aromatic amines is 1. The first-order valence-corrected chi connectivity index (χ1v) is 10.1. The highest BCUT2D eigenvalue weighted by atomic mass is 32.1. The van der Waals surface area contributed by atoms with Crippen LogP contribution in [0.3, 0.4) is 0 Å². The molecule has 1 aromatic carbocycles. The van der Waals surface area contributed by atoms with Crippen LogP contribution < -0.4 is 10.1 Å². The fourth-order valence-corrected chi connectivity index (χ4v) is 4.55. The van der Waals surface area contributed by atoms with Crippen molar-refractivity contribution in [3.05, 3.63) is 41.0 Å². The first kappa shape index (κ1) is 18.0. The van der Waals surface area contributed by atoms with Crippen LogP contribution in [0.2, 0.25) is 0 Å². The van der Waals surface area contributed by atoms with Gasteiger partial charge in [0, 0.05) is 35.9 Å². The normalized spacial score (nSPS) is 15.9. The van der Waals surface area contributed by atoms with Gasteiger partial charge in [0.1, 0.15) is 5.75 Å². The van der Waals surface area contributed by atoms with Crippen LogP contribution in [0.4, 0.5) is 5.13 Å². The van der Waals surface area contributed by atoms with Gasteiger partial charge in [0.2, 0.25) is 5.91 Å². The van der Waals surface area contributed by atoms with Crippen molar-refractivity contribution in [3.8, 4) is 5.75 Å². The number of nitrogens with zero attached hydrogens (tertiary/aromatic N) is 2. The molecule has 2 N–H and O–H groups in total. The molecule has 0 bridgehead atoms. The second-order valence-corrected chi connectivity index (χ2v) is 7.89. The number of ether oxygens (including phenoxy) is 1. The lowest BCUT2D eigenvalue weighted by Crippen LogP contribution is -2.32. The van der Waals surface area contributed by atoms with Crippen molar-refractivity contribution in [2.45, 2.75) is 32.2 Å². The summed E-state index contributed by atoms with van der Waals surface area (Å²) in [7, 11) is 1.71. The molecular formula is C20H24N4O2S. The average Bonchev–Trinajstić information content (AvgIpc) is 3.28. The van der Waals surface area contributed by atoms with E-state index in [9.17, 15) is 4.79 Å². The predicted octanol–water partition coefficient (Wildman–Crippen LogP) is 3.97. The maximum atomic E-state index is 11.1. The Bertz CT molecular complexity index is 941. The predicted molar refractivity (Wildman–Crippen MR) is 109 cm³/mol. The Kier molecular flexibility index (Phi) is 5.13. The van der Waals surface area contributed by atoms with E-state index in [0.717, 1.165) is 43.9 Å².